The van der Waals surface area contributed by atoms with Gasteiger partial charge in [-0.3, -0.25) is 14.4 Å². The lowest BCUT2D eigenvalue weighted by molar-refractivity contribution is -0.144. The second-order valence-corrected chi connectivity index (χ2v) is 14.0. The number of thiazole rings is 1. The van der Waals surface area contributed by atoms with Crippen molar-refractivity contribution in [2.75, 3.05) is 72.6 Å². The van der Waals surface area contributed by atoms with Crippen LogP contribution in [0.1, 0.15) is 38.4 Å². The van der Waals surface area contributed by atoms with Gasteiger partial charge in [-0.25, -0.2) is 9.78 Å². The molecule has 16 heteroatoms. The number of nitrogens with zero attached hydrogens (tertiary/aromatic N) is 2. The van der Waals surface area contributed by atoms with Crippen molar-refractivity contribution in [3.63, 3.8) is 0 Å². The van der Waals surface area contributed by atoms with Crippen LogP contribution in [-0.2, 0) is 49.4 Å². The van der Waals surface area contributed by atoms with Gasteiger partial charge in [0.2, 0.25) is 17.7 Å². The average Bonchev–Trinajstić information content (AvgIpc) is 3.72. The van der Waals surface area contributed by atoms with E-state index in [-0.39, 0.29) is 51.8 Å². The Kier molecular flexibility index (Phi) is 18.3. The maximum Gasteiger partial charge on any atom is 0.328 e. The molecule has 1 aliphatic heterocycles. The normalized spacial score (nSPS) is 16.7. The molecule has 3 rings (SSSR count). The number of β-amino-alcohol motifs (C(OH)–C–C–N with tert-alkyl or cyclic N) is 1. The molecule has 2 heterocycles. The van der Waals surface area contributed by atoms with Gasteiger partial charge in [0.05, 0.1) is 81.6 Å². The molecule has 0 aliphatic carbocycles. The minimum atomic E-state index is -1.02. The lowest BCUT2D eigenvalue weighted by Gasteiger charge is -2.35. The van der Waals surface area contributed by atoms with Crippen LogP contribution in [0.2, 0.25) is 0 Å². The molecule has 3 unspecified atom stereocenters. The van der Waals surface area contributed by atoms with E-state index in [9.17, 15) is 24.3 Å². The first-order valence-corrected chi connectivity index (χ1v) is 18.1. The molecule has 52 heavy (non-hydrogen) atoms. The van der Waals surface area contributed by atoms with E-state index < -0.39 is 41.4 Å². The second-order valence-electron chi connectivity index (χ2n) is 13.1. The number of rotatable bonds is 23. The summed E-state index contributed by atoms with van der Waals surface area (Å²) in [5.74, 6) is -2.33. The number of aliphatic hydroxyl groups is 1. The van der Waals surface area contributed by atoms with Crippen molar-refractivity contribution in [2.45, 2.75) is 58.8 Å². The maximum absolute atomic E-state index is 13.8. The van der Waals surface area contributed by atoms with Crippen LogP contribution >= 0.6 is 11.3 Å². The zero-order valence-corrected chi connectivity index (χ0v) is 31.2. The number of aliphatic hydroxyl groups excluding tert-OH is 1. The molecule has 0 spiro atoms. The van der Waals surface area contributed by atoms with E-state index in [1.54, 1.807) is 16.8 Å². The molecule has 1 aromatic heterocycles. The fourth-order valence-corrected chi connectivity index (χ4v) is 6.04. The number of aryl methyl sites for hydroxylation is 1. The molecule has 1 aromatic carbocycles. The van der Waals surface area contributed by atoms with Crippen LogP contribution in [0.15, 0.2) is 41.9 Å². The summed E-state index contributed by atoms with van der Waals surface area (Å²) in [4.78, 5) is 57.0. The third-order valence-electron chi connectivity index (χ3n) is 7.91. The number of carboxylic acids is 1. The standard InChI is InChI=1S/C36H52N4O11S/c1-25-32(52-24-38-25)27-9-7-26(8-10-27)21-37-34(45)29-20-28(41)22-40(29)35(46)33(36(2,3)4)39-30(42)23-51-19-18-50-17-16-49-15-14-48-13-12-47-11-5-6-31(43)44/h5-10,24,28-29,33,41H,11-23H2,1-4H3,(H,37,45)(H,39,42)(H,43,44). The van der Waals surface area contributed by atoms with Gasteiger partial charge in [0.25, 0.3) is 0 Å². The maximum atomic E-state index is 13.8. The van der Waals surface area contributed by atoms with Gasteiger partial charge in [0, 0.05) is 25.6 Å². The first kappa shape index (κ1) is 42.6. The first-order chi connectivity index (χ1) is 24.9. The number of aliphatic carboxylic acids is 1. The van der Waals surface area contributed by atoms with Crippen molar-refractivity contribution in [3.8, 4) is 10.4 Å². The Morgan fingerprint density at radius 3 is 2.12 bits per heavy atom. The monoisotopic (exact) mass is 748 g/mol. The van der Waals surface area contributed by atoms with Gasteiger partial charge in [0.15, 0.2) is 0 Å². The molecule has 1 aliphatic rings. The van der Waals surface area contributed by atoms with E-state index in [1.807, 2.05) is 52.0 Å². The molecule has 4 N–H and O–H groups in total. The summed E-state index contributed by atoms with van der Waals surface area (Å²) in [5.41, 5.74) is 4.01. The Labute approximate surface area is 308 Å². The quantitative estimate of drug-likeness (QED) is 0.0955. The van der Waals surface area contributed by atoms with E-state index in [0.29, 0.717) is 39.6 Å². The zero-order valence-electron chi connectivity index (χ0n) is 30.3. The number of benzene rings is 1. The number of carbonyl (C=O) groups excluding carboxylic acids is 3. The van der Waals surface area contributed by atoms with Crippen molar-refractivity contribution < 1.29 is 53.1 Å². The van der Waals surface area contributed by atoms with Crippen LogP contribution in [-0.4, -0.2) is 135 Å². The summed E-state index contributed by atoms with van der Waals surface area (Å²) in [6, 6.07) is 5.99. The topological polar surface area (TPSA) is 195 Å². The lowest BCUT2D eigenvalue weighted by Crippen LogP contribution is -2.58. The number of nitrogens with one attached hydrogen (secondary N) is 2. The number of ether oxygens (including phenoxy) is 5. The van der Waals surface area contributed by atoms with Gasteiger partial charge in [-0.2, -0.15) is 0 Å². The number of likely N-dealkylation sites (tertiary alicyclic amines) is 1. The molecule has 288 valence electrons. The summed E-state index contributed by atoms with van der Waals surface area (Å²) in [7, 11) is 0. The Bertz CT molecular complexity index is 1440. The van der Waals surface area contributed by atoms with Crippen LogP contribution < -0.4 is 10.6 Å². The second kappa shape index (κ2) is 22.3. The Balaban J connectivity index is 1.33. The predicted octanol–water partition coefficient (Wildman–Crippen LogP) is 1.95. The highest BCUT2D eigenvalue weighted by Gasteiger charge is 2.44. The molecular formula is C36H52N4O11S. The minimum Gasteiger partial charge on any atom is -0.478 e. The smallest absolute Gasteiger partial charge is 0.328 e. The fraction of sp³-hybridized carbons (Fsp3) is 0.583. The van der Waals surface area contributed by atoms with E-state index >= 15 is 0 Å². The summed E-state index contributed by atoms with van der Waals surface area (Å²) in [6.07, 6.45) is 1.66. The average molecular weight is 749 g/mol. The summed E-state index contributed by atoms with van der Waals surface area (Å²) in [6.45, 7) is 10.1. The van der Waals surface area contributed by atoms with Crippen LogP contribution in [0.25, 0.3) is 10.4 Å². The van der Waals surface area contributed by atoms with Gasteiger partial charge in [-0.05, 0) is 23.5 Å². The molecule has 0 saturated carbocycles. The van der Waals surface area contributed by atoms with Crippen LogP contribution in [0, 0.1) is 12.3 Å². The first-order valence-electron chi connectivity index (χ1n) is 17.2. The third-order valence-corrected chi connectivity index (χ3v) is 8.88. The summed E-state index contributed by atoms with van der Waals surface area (Å²) < 4.78 is 26.9. The molecule has 15 nitrogen and oxygen atoms in total. The zero-order chi connectivity index (χ0) is 37.9. The molecule has 3 atom stereocenters. The van der Waals surface area contributed by atoms with Gasteiger partial charge in [-0.1, -0.05) is 51.1 Å². The van der Waals surface area contributed by atoms with Crippen molar-refractivity contribution >= 4 is 35.0 Å². The van der Waals surface area contributed by atoms with Gasteiger partial charge >= 0.3 is 5.97 Å². The molecule has 0 radical (unpaired) electrons. The highest BCUT2D eigenvalue weighted by molar-refractivity contribution is 7.13. The SMILES string of the molecule is Cc1ncsc1-c1ccc(CNC(=O)C2CC(O)CN2C(=O)C(NC(=O)COCCOCCOCCOCCOCC=CC(=O)O)C(C)(C)C)cc1. The molecule has 3 amide bonds. The van der Waals surface area contributed by atoms with E-state index in [1.165, 1.54) is 11.0 Å². The van der Waals surface area contributed by atoms with Gasteiger partial charge in [-0.15, -0.1) is 11.3 Å². The lowest BCUT2D eigenvalue weighted by atomic mass is 9.85. The number of carboxylic acid groups (broad SMARTS) is 1. The Morgan fingerprint density at radius 2 is 1.56 bits per heavy atom. The molecule has 2 aromatic rings. The number of aromatic nitrogens is 1. The number of hydrogen-bond acceptors (Lipinski definition) is 12. The molecule has 0 bridgehead atoms. The highest BCUT2D eigenvalue weighted by atomic mass is 32.1. The number of hydrogen-bond donors (Lipinski definition) is 4. The van der Waals surface area contributed by atoms with E-state index in [2.05, 4.69) is 15.6 Å². The van der Waals surface area contributed by atoms with Crippen molar-refractivity contribution in [2.24, 2.45) is 5.41 Å². The van der Waals surface area contributed by atoms with Crippen LogP contribution in [0.4, 0.5) is 0 Å². The summed E-state index contributed by atoms with van der Waals surface area (Å²) in [5, 5.41) is 24.6. The Morgan fingerprint density at radius 1 is 0.962 bits per heavy atom. The highest BCUT2D eigenvalue weighted by Crippen LogP contribution is 2.28. The van der Waals surface area contributed by atoms with Crippen LogP contribution in [0.3, 0.4) is 0 Å². The molecular weight excluding hydrogens is 696 g/mol. The van der Waals surface area contributed by atoms with Gasteiger partial charge in [0.1, 0.15) is 18.7 Å². The summed E-state index contributed by atoms with van der Waals surface area (Å²) >= 11 is 1.57. The minimum absolute atomic E-state index is 0.0165. The number of amides is 3. The molecule has 1 fully saturated rings. The fourth-order valence-electron chi connectivity index (χ4n) is 5.23. The van der Waals surface area contributed by atoms with Crippen molar-refractivity contribution in [1.29, 1.82) is 0 Å². The van der Waals surface area contributed by atoms with Gasteiger partial charge < -0.3 is 49.4 Å². The van der Waals surface area contributed by atoms with E-state index in [0.717, 1.165) is 27.8 Å². The van der Waals surface area contributed by atoms with Crippen molar-refractivity contribution in [1.82, 2.24) is 20.5 Å². The largest absolute Gasteiger partial charge is 0.478 e. The van der Waals surface area contributed by atoms with E-state index in [4.69, 9.17) is 28.8 Å². The number of carbonyl (C=O) groups is 4. The third kappa shape index (κ3) is 15.1. The molecule has 1 saturated heterocycles. The van der Waals surface area contributed by atoms with Crippen molar-refractivity contribution in [3.05, 3.63) is 53.2 Å². The predicted molar refractivity (Wildman–Crippen MR) is 193 cm³/mol. The van der Waals surface area contributed by atoms with Crippen LogP contribution in [0.5, 0.6) is 0 Å². The Hall–Kier alpha value is -3.77.